The summed E-state index contributed by atoms with van der Waals surface area (Å²) in [6.45, 7) is 1.69. The van der Waals surface area contributed by atoms with E-state index in [9.17, 15) is 23.5 Å². The van der Waals surface area contributed by atoms with Gasteiger partial charge in [-0.25, -0.2) is 18.0 Å². The van der Waals surface area contributed by atoms with Crippen LogP contribution in [0, 0.1) is 18.7 Å². The maximum Gasteiger partial charge on any atom is 0.341 e. The highest BCUT2D eigenvalue weighted by Gasteiger charge is 2.53. The van der Waals surface area contributed by atoms with Crippen LogP contribution in [0.15, 0.2) is 11.0 Å². The predicted molar refractivity (Wildman–Crippen MR) is 110 cm³/mol. The summed E-state index contributed by atoms with van der Waals surface area (Å²) in [5, 5.41) is 9.12. The molecular weight excluding hydrogens is 413 g/mol. The van der Waals surface area contributed by atoms with E-state index in [1.54, 1.807) is 11.8 Å². The van der Waals surface area contributed by atoms with Crippen LogP contribution >= 0.6 is 0 Å². The molecular formula is C21H23F3N4O3. The molecule has 5 N–H and O–H groups in total. The highest BCUT2D eigenvalue weighted by atomic mass is 19.1. The van der Waals surface area contributed by atoms with Crippen molar-refractivity contribution in [1.82, 2.24) is 4.57 Å². The van der Waals surface area contributed by atoms with Gasteiger partial charge in [-0.3, -0.25) is 4.79 Å². The molecule has 10 heteroatoms. The SMILES string of the molecule is Cc1c(N2CC(F)C(C3(N)CC3)C2)c(F)c(N)c2c(=O)c(C(=O)O)cn([C@@H]3C[C@H]3F)c12. The molecule has 166 valence electrons. The molecule has 2 unspecified atom stereocenters. The molecule has 1 aromatic heterocycles. The summed E-state index contributed by atoms with van der Waals surface area (Å²) in [5.74, 6) is -2.85. The molecule has 1 aliphatic heterocycles. The minimum atomic E-state index is -1.50. The summed E-state index contributed by atoms with van der Waals surface area (Å²) in [7, 11) is 0. The van der Waals surface area contributed by atoms with Crippen LogP contribution in [-0.2, 0) is 0 Å². The summed E-state index contributed by atoms with van der Waals surface area (Å²) in [4.78, 5) is 25.9. The zero-order chi connectivity index (χ0) is 22.4. The second kappa shape index (κ2) is 6.38. The summed E-state index contributed by atoms with van der Waals surface area (Å²) >= 11 is 0. The molecule has 4 atom stereocenters. The Labute approximate surface area is 175 Å². The maximum atomic E-state index is 15.5. The van der Waals surface area contributed by atoms with E-state index in [-0.39, 0.29) is 36.1 Å². The number of anilines is 2. The van der Waals surface area contributed by atoms with Gasteiger partial charge in [-0.2, -0.15) is 0 Å². The van der Waals surface area contributed by atoms with Crippen molar-refractivity contribution in [2.45, 2.75) is 50.1 Å². The number of hydrogen-bond acceptors (Lipinski definition) is 5. The molecule has 5 rings (SSSR count). The molecule has 2 heterocycles. The number of nitrogens with two attached hydrogens (primary N) is 2. The smallest absolute Gasteiger partial charge is 0.341 e. The van der Waals surface area contributed by atoms with Crippen LogP contribution in [0.2, 0.25) is 0 Å². The number of pyridine rings is 1. The van der Waals surface area contributed by atoms with E-state index < -0.39 is 58.3 Å². The van der Waals surface area contributed by atoms with Crippen LogP contribution < -0.4 is 21.8 Å². The molecule has 0 bridgehead atoms. The maximum absolute atomic E-state index is 15.5. The Hall–Kier alpha value is -2.75. The van der Waals surface area contributed by atoms with E-state index in [1.807, 2.05) is 0 Å². The van der Waals surface area contributed by atoms with Crippen molar-refractivity contribution in [3.05, 3.63) is 33.4 Å². The Kier molecular flexibility index (Phi) is 4.15. The van der Waals surface area contributed by atoms with Crippen LogP contribution in [0.4, 0.5) is 24.5 Å². The van der Waals surface area contributed by atoms with Gasteiger partial charge in [-0.1, -0.05) is 0 Å². The topological polar surface area (TPSA) is 115 Å². The van der Waals surface area contributed by atoms with Gasteiger partial charge in [0.2, 0.25) is 5.43 Å². The largest absolute Gasteiger partial charge is 0.477 e. The molecule has 3 aliphatic rings. The first-order valence-electron chi connectivity index (χ1n) is 10.3. The Morgan fingerprint density at radius 2 is 1.90 bits per heavy atom. The van der Waals surface area contributed by atoms with Gasteiger partial charge in [-0.15, -0.1) is 0 Å². The first-order valence-corrected chi connectivity index (χ1v) is 10.3. The first kappa shape index (κ1) is 20.2. The number of hydrogen-bond donors (Lipinski definition) is 3. The zero-order valence-electron chi connectivity index (χ0n) is 16.9. The Balaban J connectivity index is 1.74. The Bertz CT molecular complexity index is 1190. The summed E-state index contributed by atoms with van der Waals surface area (Å²) in [6, 6.07) is -0.670. The number of carboxylic acid groups (broad SMARTS) is 1. The molecule has 1 aromatic carbocycles. The number of carboxylic acids is 1. The fourth-order valence-electron chi connectivity index (χ4n) is 5.01. The molecule has 2 saturated carbocycles. The van der Waals surface area contributed by atoms with Crippen LogP contribution in [0.25, 0.3) is 10.9 Å². The lowest BCUT2D eigenvalue weighted by molar-refractivity contribution is 0.0694. The van der Waals surface area contributed by atoms with Crippen molar-refractivity contribution >= 4 is 28.2 Å². The number of rotatable bonds is 4. The third-order valence-electron chi connectivity index (χ3n) is 7.06. The Morgan fingerprint density at radius 1 is 1.26 bits per heavy atom. The van der Waals surface area contributed by atoms with E-state index >= 15 is 4.39 Å². The zero-order valence-corrected chi connectivity index (χ0v) is 16.9. The lowest BCUT2D eigenvalue weighted by Gasteiger charge is -2.26. The fourth-order valence-corrected chi connectivity index (χ4v) is 5.01. The van der Waals surface area contributed by atoms with E-state index in [0.29, 0.717) is 18.4 Å². The number of carbonyl (C=O) groups is 1. The van der Waals surface area contributed by atoms with Gasteiger partial charge in [0.25, 0.3) is 0 Å². The van der Waals surface area contributed by atoms with Gasteiger partial charge in [0, 0.05) is 37.2 Å². The van der Waals surface area contributed by atoms with Crippen molar-refractivity contribution in [2.24, 2.45) is 11.7 Å². The van der Waals surface area contributed by atoms with Gasteiger partial charge >= 0.3 is 5.97 Å². The summed E-state index contributed by atoms with van der Waals surface area (Å²) < 4.78 is 45.5. The van der Waals surface area contributed by atoms with Crippen molar-refractivity contribution in [3.63, 3.8) is 0 Å². The monoisotopic (exact) mass is 436 g/mol. The molecule has 7 nitrogen and oxygen atoms in total. The molecule has 31 heavy (non-hydrogen) atoms. The van der Waals surface area contributed by atoms with Crippen molar-refractivity contribution < 1.29 is 23.1 Å². The van der Waals surface area contributed by atoms with Crippen molar-refractivity contribution in [2.75, 3.05) is 23.7 Å². The van der Waals surface area contributed by atoms with Gasteiger partial charge in [0.05, 0.1) is 28.3 Å². The quantitative estimate of drug-likeness (QED) is 0.634. The lowest BCUT2D eigenvalue weighted by atomic mass is 9.96. The van der Waals surface area contributed by atoms with Crippen molar-refractivity contribution in [3.8, 4) is 0 Å². The number of fused-ring (bicyclic) bond motifs is 1. The highest BCUT2D eigenvalue weighted by molar-refractivity contribution is 6.01. The third kappa shape index (κ3) is 2.84. The van der Waals surface area contributed by atoms with Crippen LogP contribution in [0.3, 0.4) is 0 Å². The Morgan fingerprint density at radius 3 is 2.45 bits per heavy atom. The average Bonchev–Trinajstić information content (AvgIpc) is 3.58. The van der Waals surface area contributed by atoms with Crippen LogP contribution in [0.1, 0.15) is 41.2 Å². The molecule has 1 saturated heterocycles. The molecule has 3 fully saturated rings. The van der Waals surface area contributed by atoms with Crippen LogP contribution in [0.5, 0.6) is 0 Å². The number of halogens is 3. The molecule has 0 radical (unpaired) electrons. The molecule has 2 aromatic rings. The minimum absolute atomic E-state index is 0.0479. The van der Waals surface area contributed by atoms with Crippen LogP contribution in [-0.4, -0.2) is 46.6 Å². The number of alkyl halides is 2. The lowest BCUT2D eigenvalue weighted by Crippen LogP contribution is -2.38. The number of aromatic nitrogens is 1. The number of nitrogens with zero attached hydrogens (tertiary/aromatic N) is 2. The van der Waals surface area contributed by atoms with Gasteiger partial charge in [0.1, 0.15) is 17.9 Å². The normalized spacial score (nSPS) is 28.9. The van der Waals surface area contributed by atoms with Gasteiger partial charge in [-0.05, 0) is 25.3 Å². The number of aromatic carboxylic acids is 1. The molecule has 2 aliphatic carbocycles. The van der Waals surface area contributed by atoms with Gasteiger partial charge < -0.3 is 26.0 Å². The third-order valence-corrected chi connectivity index (χ3v) is 7.06. The summed E-state index contributed by atoms with van der Waals surface area (Å²) in [5.41, 5.74) is 10.1. The van der Waals surface area contributed by atoms with Crippen molar-refractivity contribution in [1.29, 1.82) is 0 Å². The first-order chi connectivity index (χ1) is 14.5. The minimum Gasteiger partial charge on any atom is -0.477 e. The number of nitrogen functional groups attached to an aromatic ring is 1. The van der Waals surface area contributed by atoms with E-state index in [4.69, 9.17) is 11.5 Å². The van der Waals surface area contributed by atoms with E-state index in [1.165, 1.54) is 4.57 Å². The molecule has 0 spiro atoms. The highest BCUT2D eigenvalue weighted by Crippen LogP contribution is 2.48. The van der Waals surface area contributed by atoms with Gasteiger partial charge in [0.15, 0.2) is 5.82 Å². The number of aryl methyl sites for hydroxylation is 1. The fraction of sp³-hybridized carbons (Fsp3) is 0.524. The van der Waals surface area contributed by atoms with E-state index in [2.05, 4.69) is 0 Å². The molecule has 0 amide bonds. The standard InChI is InChI=1S/C21H23F3N4O3/c1-8-17-14(19(29)9(20(30)31)5-28(17)13-4-11(13)22)16(25)15(24)18(8)27-6-10(12(23)7-27)21(26)2-3-21/h5,10-13H,2-4,6-7,25-26H2,1H3,(H,30,31)/t10?,11-,12?,13-/m1/s1. The second-order valence-electron chi connectivity index (χ2n) is 9.09. The second-order valence-corrected chi connectivity index (χ2v) is 9.09. The summed E-state index contributed by atoms with van der Waals surface area (Å²) in [6.07, 6.45) is 0.222. The van der Waals surface area contributed by atoms with E-state index in [0.717, 1.165) is 6.20 Å². The number of benzene rings is 1. The average molecular weight is 436 g/mol. The predicted octanol–water partition coefficient (Wildman–Crippen LogP) is 2.28.